The second kappa shape index (κ2) is 9.70. The highest BCUT2D eigenvalue weighted by molar-refractivity contribution is 6.73. The Morgan fingerprint density at radius 1 is 0.897 bits per heavy atom. The molecule has 0 unspecified atom stereocenters. The van der Waals surface area contributed by atoms with Crippen LogP contribution < -0.4 is 0 Å². The van der Waals surface area contributed by atoms with Crippen LogP contribution in [0, 0.1) is 0 Å². The Bertz CT molecular complexity index is 768. The second-order valence-electron chi connectivity index (χ2n) is 7.82. The van der Waals surface area contributed by atoms with Crippen molar-refractivity contribution in [3.63, 3.8) is 0 Å². The number of cyclic esters (lactones) is 1. The average molecular weight is 413 g/mol. The molecule has 0 radical (unpaired) electrons. The van der Waals surface area contributed by atoms with Crippen LogP contribution in [0.4, 0.5) is 0 Å². The lowest BCUT2D eigenvalue weighted by molar-refractivity contribution is -0.192. The van der Waals surface area contributed by atoms with Crippen molar-refractivity contribution in [2.75, 3.05) is 6.61 Å². The van der Waals surface area contributed by atoms with E-state index in [1.807, 2.05) is 60.7 Å². The van der Waals surface area contributed by atoms with Crippen molar-refractivity contribution in [1.82, 2.24) is 0 Å². The van der Waals surface area contributed by atoms with E-state index in [2.05, 4.69) is 20.8 Å². The first-order chi connectivity index (χ1) is 14.0. The molecule has 2 aromatic carbocycles. The van der Waals surface area contributed by atoms with Gasteiger partial charge in [-0.05, 0) is 29.3 Å². The van der Waals surface area contributed by atoms with Gasteiger partial charge in [0.2, 0.25) is 5.79 Å². The lowest BCUT2D eigenvalue weighted by Crippen LogP contribution is -2.46. The van der Waals surface area contributed by atoms with E-state index in [9.17, 15) is 4.79 Å². The topological polar surface area (TPSA) is 44.8 Å². The molecule has 29 heavy (non-hydrogen) atoms. The summed E-state index contributed by atoms with van der Waals surface area (Å²) >= 11 is 0. The fourth-order valence-corrected chi connectivity index (χ4v) is 6.59. The molecule has 0 bridgehead atoms. The van der Waals surface area contributed by atoms with E-state index in [4.69, 9.17) is 13.9 Å². The molecule has 1 saturated heterocycles. The average Bonchev–Trinajstić information content (AvgIpc) is 3.06. The number of rotatable bonds is 10. The predicted octanol–water partition coefficient (Wildman–Crippen LogP) is 5.13. The smallest absolute Gasteiger partial charge is 0.338 e. The molecule has 0 saturated carbocycles. The van der Waals surface area contributed by atoms with Crippen molar-refractivity contribution < 1.29 is 18.7 Å². The molecule has 1 fully saturated rings. The molecule has 1 heterocycles. The first kappa shape index (κ1) is 21.7. The summed E-state index contributed by atoms with van der Waals surface area (Å²) in [6.45, 7) is 6.88. The Labute approximate surface area is 175 Å². The van der Waals surface area contributed by atoms with E-state index >= 15 is 0 Å². The maximum absolute atomic E-state index is 12.7. The maximum atomic E-state index is 12.7. The van der Waals surface area contributed by atoms with Crippen molar-refractivity contribution >= 4 is 14.3 Å². The third-order valence-electron chi connectivity index (χ3n) is 6.02. The molecule has 0 aromatic heterocycles. The minimum atomic E-state index is -1.84. The van der Waals surface area contributed by atoms with Crippen molar-refractivity contribution in [3.05, 3.63) is 71.8 Å². The Kier molecular flexibility index (Phi) is 7.27. The molecule has 4 nitrogen and oxygen atoms in total. The van der Waals surface area contributed by atoms with E-state index in [-0.39, 0.29) is 5.97 Å². The molecule has 1 aliphatic rings. The van der Waals surface area contributed by atoms with Gasteiger partial charge in [-0.15, -0.1) is 0 Å². The van der Waals surface area contributed by atoms with E-state index < -0.39 is 20.2 Å². The molecule has 0 spiro atoms. The van der Waals surface area contributed by atoms with E-state index in [1.54, 1.807) is 0 Å². The van der Waals surface area contributed by atoms with Gasteiger partial charge in [-0.1, -0.05) is 81.4 Å². The minimum Gasteiger partial charge on any atom is -0.428 e. The highest BCUT2D eigenvalue weighted by Gasteiger charge is 2.49. The summed E-state index contributed by atoms with van der Waals surface area (Å²) in [7, 11) is -1.84. The molecule has 2 atom stereocenters. The van der Waals surface area contributed by atoms with Crippen LogP contribution in [0.2, 0.25) is 18.1 Å². The standard InChI is InChI=1S/C24H32O4Si/c1-4-29(5-2,6-3)26-19-24(18-21-15-11-8-12-16-21)27-22(23(25)28-24)17-20-13-9-7-10-14-20/h7-16,22H,4-6,17-19H2,1-3H3/t22-,24-/m1/s1. The molecule has 0 amide bonds. The van der Waals surface area contributed by atoms with Crippen LogP contribution in [0.5, 0.6) is 0 Å². The fraction of sp³-hybridized carbons (Fsp3) is 0.458. The summed E-state index contributed by atoms with van der Waals surface area (Å²) in [5, 5.41) is 0. The van der Waals surface area contributed by atoms with Gasteiger partial charge < -0.3 is 13.9 Å². The number of carbonyl (C=O) groups excluding carboxylic acids is 1. The van der Waals surface area contributed by atoms with Crippen molar-refractivity contribution in [2.45, 2.75) is 63.6 Å². The Morgan fingerprint density at radius 2 is 1.45 bits per heavy atom. The summed E-state index contributed by atoms with van der Waals surface area (Å²) in [6, 6.07) is 23.1. The Hall–Kier alpha value is -1.95. The van der Waals surface area contributed by atoms with Gasteiger partial charge in [0.1, 0.15) is 6.61 Å². The Balaban J connectivity index is 1.80. The lowest BCUT2D eigenvalue weighted by Gasteiger charge is -2.34. The van der Waals surface area contributed by atoms with E-state index in [0.29, 0.717) is 19.4 Å². The van der Waals surface area contributed by atoms with Gasteiger partial charge in [0, 0.05) is 12.8 Å². The van der Waals surface area contributed by atoms with Crippen LogP contribution >= 0.6 is 0 Å². The molecule has 3 rings (SSSR count). The zero-order valence-corrected chi connectivity index (χ0v) is 18.7. The molecule has 0 N–H and O–H groups in total. The number of hydrogen-bond donors (Lipinski definition) is 0. The zero-order chi connectivity index (χ0) is 20.7. The molecule has 0 aliphatic carbocycles. The predicted molar refractivity (Wildman–Crippen MR) is 117 cm³/mol. The van der Waals surface area contributed by atoms with Gasteiger partial charge in [-0.3, -0.25) is 0 Å². The number of esters is 1. The van der Waals surface area contributed by atoms with Crippen LogP contribution in [0.25, 0.3) is 0 Å². The zero-order valence-electron chi connectivity index (χ0n) is 17.7. The number of hydrogen-bond acceptors (Lipinski definition) is 4. The molecular weight excluding hydrogens is 380 g/mol. The second-order valence-corrected chi connectivity index (χ2v) is 12.6. The van der Waals surface area contributed by atoms with Crippen molar-refractivity contribution in [3.8, 4) is 0 Å². The van der Waals surface area contributed by atoms with Gasteiger partial charge in [0.25, 0.3) is 0 Å². The van der Waals surface area contributed by atoms with Crippen LogP contribution in [0.1, 0.15) is 31.9 Å². The van der Waals surface area contributed by atoms with Gasteiger partial charge in [-0.2, -0.15) is 0 Å². The normalized spacial score (nSPS) is 21.9. The fourth-order valence-electron chi connectivity index (χ4n) is 3.95. The molecule has 2 aromatic rings. The molecule has 5 heteroatoms. The summed E-state index contributed by atoms with van der Waals surface area (Å²) in [6.07, 6.45) is 0.395. The number of benzene rings is 2. The summed E-state index contributed by atoms with van der Waals surface area (Å²) < 4.78 is 18.7. The summed E-state index contributed by atoms with van der Waals surface area (Å²) in [5.41, 5.74) is 2.13. The van der Waals surface area contributed by atoms with Gasteiger partial charge >= 0.3 is 5.97 Å². The monoisotopic (exact) mass is 412 g/mol. The van der Waals surface area contributed by atoms with Crippen molar-refractivity contribution in [2.24, 2.45) is 0 Å². The molecule has 156 valence electrons. The summed E-state index contributed by atoms with van der Waals surface area (Å²) in [4.78, 5) is 12.7. The quantitative estimate of drug-likeness (QED) is 0.401. The summed E-state index contributed by atoms with van der Waals surface area (Å²) in [5.74, 6) is -1.36. The van der Waals surface area contributed by atoms with E-state index in [0.717, 1.165) is 29.3 Å². The van der Waals surface area contributed by atoms with Crippen LogP contribution in [-0.4, -0.2) is 32.8 Å². The molecular formula is C24H32O4Si. The van der Waals surface area contributed by atoms with E-state index in [1.165, 1.54) is 0 Å². The largest absolute Gasteiger partial charge is 0.428 e. The van der Waals surface area contributed by atoms with Crippen LogP contribution in [0.15, 0.2) is 60.7 Å². The Morgan fingerprint density at radius 3 is 2.00 bits per heavy atom. The highest BCUT2D eigenvalue weighted by Crippen LogP contribution is 2.33. The van der Waals surface area contributed by atoms with Crippen molar-refractivity contribution in [1.29, 1.82) is 0 Å². The SMILES string of the molecule is CC[Si](CC)(CC)OC[C@@]1(Cc2ccccc2)OC(=O)[C@@H](Cc2ccccc2)O1. The number of ether oxygens (including phenoxy) is 2. The van der Waals surface area contributed by atoms with Crippen LogP contribution in [-0.2, 0) is 31.5 Å². The minimum absolute atomic E-state index is 0.292. The van der Waals surface area contributed by atoms with Gasteiger partial charge in [-0.25, -0.2) is 4.79 Å². The molecule has 1 aliphatic heterocycles. The first-order valence-electron chi connectivity index (χ1n) is 10.7. The first-order valence-corrected chi connectivity index (χ1v) is 13.2. The third-order valence-corrected chi connectivity index (χ3v) is 10.6. The third kappa shape index (κ3) is 5.35. The van der Waals surface area contributed by atoms with Crippen LogP contribution in [0.3, 0.4) is 0 Å². The number of carbonyl (C=O) groups is 1. The van der Waals surface area contributed by atoms with Gasteiger partial charge in [0.05, 0.1) is 0 Å². The highest BCUT2D eigenvalue weighted by atomic mass is 28.4. The lowest BCUT2D eigenvalue weighted by atomic mass is 10.1. The maximum Gasteiger partial charge on any atom is 0.338 e. The van der Waals surface area contributed by atoms with Gasteiger partial charge in [0.15, 0.2) is 14.4 Å².